The summed E-state index contributed by atoms with van der Waals surface area (Å²) in [4.78, 5) is 0. The minimum atomic E-state index is 0.579. The Labute approximate surface area is 126 Å². The molecular weight excluding hydrogens is 262 g/mol. The molecule has 0 aromatic heterocycles. The number of aryl methyl sites for hydroxylation is 2. The van der Waals surface area contributed by atoms with E-state index in [1.54, 1.807) is 14.2 Å². The van der Waals surface area contributed by atoms with Gasteiger partial charge in [0.1, 0.15) is 0 Å². The Morgan fingerprint density at radius 1 is 0.905 bits per heavy atom. The van der Waals surface area contributed by atoms with E-state index in [0.29, 0.717) is 6.54 Å². The molecule has 0 aliphatic carbocycles. The fourth-order valence-electron chi connectivity index (χ4n) is 2.47. The summed E-state index contributed by atoms with van der Waals surface area (Å²) in [5.74, 6) is 1.52. The molecule has 2 N–H and O–H groups in total. The van der Waals surface area contributed by atoms with Crippen molar-refractivity contribution < 1.29 is 9.47 Å². The van der Waals surface area contributed by atoms with Gasteiger partial charge in [0.25, 0.3) is 0 Å². The van der Waals surface area contributed by atoms with Crippen LogP contribution in [0.15, 0.2) is 30.3 Å². The molecule has 0 radical (unpaired) electrons. The van der Waals surface area contributed by atoms with Crippen LogP contribution in [0.4, 0.5) is 0 Å². The molecule has 0 saturated carbocycles. The van der Waals surface area contributed by atoms with Crippen LogP contribution in [0.3, 0.4) is 0 Å². The van der Waals surface area contributed by atoms with E-state index in [2.05, 4.69) is 38.1 Å². The maximum Gasteiger partial charge on any atom is 0.163 e. The van der Waals surface area contributed by atoms with Crippen molar-refractivity contribution in [1.29, 1.82) is 0 Å². The van der Waals surface area contributed by atoms with E-state index in [0.717, 1.165) is 29.0 Å². The van der Waals surface area contributed by atoms with Crippen LogP contribution in [-0.4, -0.2) is 20.8 Å². The lowest BCUT2D eigenvalue weighted by molar-refractivity contribution is 0.352. The second-order valence-corrected chi connectivity index (χ2v) is 5.21. The molecule has 2 aromatic carbocycles. The van der Waals surface area contributed by atoms with Crippen LogP contribution in [0, 0.1) is 13.8 Å². The fraction of sp³-hybridized carbons (Fsp3) is 0.333. The molecular formula is C18H23NO2. The summed E-state index contributed by atoms with van der Waals surface area (Å²) in [6, 6.07) is 10.6. The van der Waals surface area contributed by atoms with Crippen molar-refractivity contribution in [3.8, 4) is 22.6 Å². The molecule has 2 aromatic rings. The van der Waals surface area contributed by atoms with E-state index in [-0.39, 0.29) is 0 Å². The van der Waals surface area contributed by atoms with E-state index < -0.39 is 0 Å². The van der Waals surface area contributed by atoms with Crippen LogP contribution in [-0.2, 0) is 6.42 Å². The molecule has 0 spiro atoms. The average Bonchev–Trinajstić information content (AvgIpc) is 2.49. The molecule has 112 valence electrons. The summed E-state index contributed by atoms with van der Waals surface area (Å²) in [7, 11) is 3.32. The van der Waals surface area contributed by atoms with Crippen LogP contribution < -0.4 is 15.2 Å². The number of hydrogen-bond donors (Lipinski definition) is 1. The van der Waals surface area contributed by atoms with Gasteiger partial charge in [-0.3, -0.25) is 0 Å². The largest absolute Gasteiger partial charge is 0.493 e. The molecule has 3 nitrogen and oxygen atoms in total. The first-order valence-electron chi connectivity index (χ1n) is 7.13. The average molecular weight is 285 g/mol. The Morgan fingerprint density at radius 3 is 2.24 bits per heavy atom. The van der Waals surface area contributed by atoms with Crippen molar-refractivity contribution in [3.05, 3.63) is 47.0 Å². The van der Waals surface area contributed by atoms with Gasteiger partial charge in [-0.15, -0.1) is 0 Å². The van der Waals surface area contributed by atoms with Gasteiger partial charge in [0.05, 0.1) is 14.2 Å². The van der Waals surface area contributed by atoms with Crippen molar-refractivity contribution >= 4 is 0 Å². The number of hydrogen-bond acceptors (Lipinski definition) is 3. The molecule has 0 aliphatic rings. The van der Waals surface area contributed by atoms with Crippen LogP contribution in [0.2, 0.25) is 0 Å². The zero-order chi connectivity index (χ0) is 15.4. The van der Waals surface area contributed by atoms with E-state index in [4.69, 9.17) is 15.2 Å². The lowest BCUT2D eigenvalue weighted by Gasteiger charge is -2.15. The summed E-state index contributed by atoms with van der Waals surface area (Å²) in [6.45, 7) is 4.82. The maximum atomic E-state index is 5.71. The van der Waals surface area contributed by atoms with Crippen LogP contribution in [0.25, 0.3) is 11.1 Å². The van der Waals surface area contributed by atoms with Crippen LogP contribution in [0.1, 0.15) is 16.7 Å². The molecule has 0 heterocycles. The Hall–Kier alpha value is -2.00. The molecule has 0 amide bonds. The Kier molecular flexibility index (Phi) is 4.86. The maximum absolute atomic E-state index is 5.71. The molecule has 2 rings (SSSR count). The highest BCUT2D eigenvalue weighted by atomic mass is 16.5. The van der Waals surface area contributed by atoms with Crippen LogP contribution >= 0.6 is 0 Å². The molecule has 0 saturated heterocycles. The first-order valence-corrected chi connectivity index (χ1v) is 7.13. The molecule has 0 aliphatic heterocycles. The van der Waals surface area contributed by atoms with Gasteiger partial charge in [-0.05, 0) is 66.8 Å². The SMILES string of the molecule is COc1cc(-c2ccc(C)c(C)c2)cc(CCN)c1OC. The quantitative estimate of drug-likeness (QED) is 0.914. The van der Waals surface area contributed by atoms with Gasteiger partial charge in [-0.25, -0.2) is 0 Å². The van der Waals surface area contributed by atoms with E-state index in [1.165, 1.54) is 16.7 Å². The zero-order valence-corrected chi connectivity index (χ0v) is 13.2. The predicted molar refractivity (Wildman–Crippen MR) is 87.2 cm³/mol. The lowest BCUT2D eigenvalue weighted by atomic mass is 9.97. The first-order chi connectivity index (χ1) is 10.1. The minimum Gasteiger partial charge on any atom is -0.493 e. The van der Waals surface area contributed by atoms with Crippen molar-refractivity contribution in [2.75, 3.05) is 20.8 Å². The molecule has 0 unspecified atom stereocenters. The summed E-state index contributed by atoms with van der Waals surface area (Å²) in [5, 5.41) is 0. The number of rotatable bonds is 5. The van der Waals surface area contributed by atoms with Gasteiger partial charge >= 0.3 is 0 Å². The lowest BCUT2D eigenvalue weighted by Crippen LogP contribution is -2.05. The summed E-state index contributed by atoms with van der Waals surface area (Å²) < 4.78 is 10.9. The van der Waals surface area contributed by atoms with Crippen LogP contribution in [0.5, 0.6) is 11.5 Å². The van der Waals surface area contributed by atoms with Gasteiger partial charge in [0.15, 0.2) is 11.5 Å². The summed E-state index contributed by atoms with van der Waals surface area (Å²) in [5.41, 5.74) is 11.7. The number of methoxy groups -OCH3 is 2. The Bertz CT molecular complexity index is 635. The molecule has 3 heteroatoms. The van der Waals surface area contributed by atoms with Gasteiger partial charge in [0.2, 0.25) is 0 Å². The van der Waals surface area contributed by atoms with Crippen molar-refractivity contribution in [1.82, 2.24) is 0 Å². The highest BCUT2D eigenvalue weighted by molar-refractivity contribution is 5.70. The van der Waals surface area contributed by atoms with Crippen molar-refractivity contribution in [2.24, 2.45) is 5.73 Å². The molecule has 0 fully saturated rings. The topological polar surface area (TPSA) is 44.5 Å². The van der Waals surface area contributed by atoms with Gasteiger partial charge in [0, 0.05) is 0 Å². The summed E-state index contributed by atoms with van der Waals surface area (Å²) >= 11 is 0. The normalized spacial score (nSPS) is 10.5. The van der Waals surface area contributed by atoms with E-state index in [1.807, 2.05) is 6.07 Å². The number of nitrogens with two attached hydrogens (primary N) is 1. The minimum absolute atomic E-state index is 0.579. The highest BCUT2D eigenvalue weighted by Crippen LogP contribution is 2.36. The molecule has 0 bridgehead atoms. The van der Waals surface area contributed by atoms with Gasteiger partial charge in [-0.1, -0.05) is 18.2 Å². The van der Waals surface area contributed by atoms with E-state index >= 15 is 0 Å². The second-order valence-electron chi connectivity index (χ2n) is 5.21. The monoisotopic (exact) mass is 285 g/mol. The Morgan fingerprint density at radius 2 is 1.67 bits per heavy atom. The third-order valence-corrected chi connectivity index (χ3v) is 3.81. The molecule has 21 heavy (non-hydrogen) atoms. The number of benzene rings is 2. The smallest absolute Gasteiger partial charge is 0.163 e. The zero-order valence-electron chi connectivity index (χ0n) is 13.2. The van der Waals surface area contributed by atoms with Gasteiger partial charge in [-0.2, -0.15) is 0 Å². The Balaban J connectivity index is 2.57. The van der Waals surface area contributed by atoms with Gasteiger partial charge < -0.3 is 15.2 Å². The number of ether oxygens (including phenoxy) is 2. The third-order valence-electron chi connectivity index (χ3n) is 3.81. The second kappa shape index (κ2) is 6.64. The first kappa shape index (κ1) is 15.4. The highest BCUT2D eigenvalue weighted by Gasteiger charge is 2.13. The standard InChI is InChI=1S/C18H23NO2/c1-12-5-6-14(9-13(12)2)16-10-15(7-8-19)18(21-4)17(11-16)20-3/h5-6,9-11H,7-8,19H2,1-4H3. The van der Waals surface area contributed by atoms with Crippen molar-refractivity contribution in [2.45, 2.75) is 20.3 Å². The van der Waals surface area contributed by atoms with E-state index in [9.17, 15) is 0 Å². The van der Waals surface area contributed by atoms with Crippen molar-refractivity contribution in [3.63, 3.8) is 0 Å². The third kappa shape index (κ3) is 3.19. The summed E-state index contributed by atoms with van der Waals surface area (Å²) in [6.07, 6.45) is 0.762. The molecule has 0 atom stereocenters. The predicted octanol–water partition coefficient (Wildman–Crippen LogP) is 3.49. The fourth-order valence-corrected chi connectivity index (χ4v) is 2.47.